The molecule has 0 aliphatic rings. The Morgan fingerprint density at radius 1 is 1.26 bits per heavy atom. The van der Waals surface area contributed by atoms with E-state index in [1.54, 1.807) is 11.3 Å². The van der Waals surface area contributed by atoms with Gasteiger partial charge in [-0.25, -0.2) is 0 Å². The summed E-state index contributed by atoms with van der Waals surface area (Å²) in [4.78, 5) is 13.0. The lowest BCUT2D eigenvalue weighted by atomic mass is 10.1. The molecule has 0 fully saturated rings. The van der Waals surface area contributed by atoms with Crippen molar-refractivity contribution in [3.05, 3.63) is 52.9 Å². The van der Waals surface area contributed by atoms with Crippen molar-refractivity contribution in [2.75, 3.05) is 7.11 Å². The van der Waals surface area contributed by atoms with Crippen LogP contribution in [-0.2, 0) is 9.53 Å². The van der Waals surface area contributed by atoms with Gasteiger partial charge in [0.1, 0.15) is 5.25 Å². The molecule has 118 valence electrons. The Morgan fingerprint density at radius 2 is 2.04 bits per heavy atom. The van der Waals surface area contributed by atoms with Crippen LogP contribution in [0.4, 0.5) is 0 Å². The predicted octanol–water partition coefficient (Wildman–Crippen LogP) is 4.11. The lowest BCUT2D eigenvalue weighted by Gasteiger charge is -2.11. The number of nitrogens with zero attached hydrogens (tertiary/aromatic N) is 2. The summed E-state index contributed by atoms with van der Waals surface area (Å²) in [5.41, 5.74) is 1.92. The minimum Gasteiger partial charge on any atom is -0.468 e. The van der Waals surface area contributed by atoms with Crippen LogP contribution >= 0.6 is 23.1 Å². The van der Waals surface area contributed by atoms with Gasteiger partial charge in [-0.1, -0.05) is 30.3 Å². The Bertz CT molecular complexity index is 799. The lowest BCUT2D eigenvalue weighted by molar-refractivity contribution is -0.140. The van der Waals surface area contributed by atoms with Gasteiger partial charge in [-0.05, 0) is 41.3 Å². The summed E-state index contributed by atoms with van der Waals surface area (Å²) in [5, 5.41) is 9.88. The molecule has 2 heterocycles. The zero-order valence-electron chi connectivity index (χ0n) is 12.6. The van der Waals surface area contributed by atoms with E-state index >= 15 is 0 Å². The van der Waals surface area contributed by atoms with Crippen LogP contribution in [0.1, 0.15) is 16.4 Å². The zero-order chi connectivity index (χ0) is 16.2. The van der Waals surface area contributed by atoms with Gasteiger partial charge in [-0.3, -0.25) is 4.79 Å². The minimum absolute atomic E-state index is 0.340. The van der Waals surface area contributed by atoms with Crippen molar-refractivity contribution < 1.29 is 13.9 Å². The first-order valence-corrected chi connectivity index (χ1v) is 8.62. The number of aromatic nitrogens is 2. The summed E-state index contributed by atoms with van der Waals surface area (Å²) in [7, 11) is 1.37. The van der Waals surface area contributed by atoms with Gasteiger partial charge in [0.15, 0.2) is 0 Å². The van der Waals surface area contributed by atoms with Crippen LogP contribution in [0, 0.1) is 6.92 Å². The highest BCUT2D eigenvalue weighted by Crippen LogP contribution is 2.37. The molecule has 23 heavy (non-hydrogen) atoms. The fraction of sp³-hybridized carbons (Fsp3) is 0.188. The number of thiophene rings is 1. The van der Waals surface area contributed by atoms with E-state index in [0.717, 1.165) is 16.0 Å². The van der Waals surface area contributed by atoms with E-state index in [0.29, 0.717) is 11.1 Å². The molecule has 1 aromatic carbocycles. The monoisotopic (exact) mass is 346 g/mol. The second kappa shape index (κ2) is 6.97. The van der Waals surface area contributed by atoms with Crippen LogP contribution in [0.15, 0.2) is 51.4 Å². The van der Waals surface area contributed by atoms with Crippen molar-refractivity contribution in [2.45, 2.75) is 17.4 Å². The maximum atomic E-state index is 12.1. The predicted molar refractivity (Wildman–Crippen MR) is 89.4 cm³/mol. The third kappa shape index (κ3) is 3.46. The van der Waals surface area contributed by atoms with Gasteiger partial charge in [0.25, 0.3) is 11.1 Å². The van der Waals surface area contributed by atoms with Gasteiger partial charge in [-0.2, -0.15) is 0 Å². The summed E-state index contributed by atoms with van der Waals surface area (Å²) < 4.78 is 10.6. The molecule has 3 aromatic rings. The van der Waals surface area contributed by atoms with Gasteiger partial charge in [0.2, 0.25) is 0 Å². The van der Waals surface area contributed by atoms with E-state index < -0.39 is 5.25 Å². The molecule has 0 amide bonds. The van der Waals surface area contributed by atoms with Crippen molar-refractivity contribution in [1.29, 1.82) is 0 Å². The third-order valence-corrected chi connectivity index (χ3v) is 5.27. The van der Waals surface area contributed by atoms with E-state index in [4.69, 9.17) is 9.15 Å². The number of aryl methyl sites for hydroxylation is 1. The summed E-state index contributed by atoms with van der Waals surface area (Å²) in [6, 6.07) is 11.4. The van der Waals surface area contributed by atoms with Crippen molar-refractivity contribution in [3.63, 3.8) is 0 Å². The summed E-state index contributed by atoms with van der Waals surface area (Å²) >= 11 is 2.73. The van der Waals surface area contributed by atoms with Crippen LogP contribution in [0.2, 0.25) is 0 Å². The molecule has 1 unspecified atom stereocenters. The number of hydrogen-bond donors (Lipinski definition) is 0. The molecular formula is C16H14N2O3S2. The maximum absolute atomic E-state index is 12.1. The Labute approximate surface area is 141 Å². The Hall–Kier alpha value is -2.12. The normalized spacial score (nSPS) is 12.1. The number of thioether (sulfide) groups is 1. The molecule has 0 saturated carbocycles. The van der Waals surface area contributed by atoms with Gasteiger partial charge in [-0.15, -0.1) is 21.5 Å². The van der Waals surface area contributed by atoms with Crippen LogP contribution in [0.5, 0.6) is 0 Å². The largest absolute Gasteiger partial charge is 0.468 e. The molecule has 0 radical (unpaired) electrons. The number of carbonyl (C=O) groups is 1. The van der Waals surface area contributed by atoms with Gasteiger partial charge < -0.3 is 9.15 Å². The van der Waals surface area contributed by atoms with Gasteiger partial charge in [0, 0.05) is 0 Å². The standard InChI is InChI=1S/C16H14N2O3S2/c1-10-8-9-22-12(10)14-17-18-16(21-14)23-13(15(19)20-2)11-6-4-3-5-7-11/h3-9,13H,1-2H3. The first-order valence-electron chi connectivity index (χ1n) is 6.86. The van der Waals surface area contributed by atoms with Crippen molar-refractivity contribution >= 4 is 29.1 Å². The highest BCUT2D eigenvalue weighted by Gasteiger charge is 2.26. The second-order valence-electron chi connectivity index (χ2n) is 4.74. The van der Waals surface area contributed by atoms with Crippen LogP contribution < -0.4 is 0 Å². The van der Waals surface area contributed by atoms with E-state index in [9.17, 15) is 4.79 Å². The molecule has 0 saturated heterocycles. The number of methoxy groups -OCH3 is 1. The SMILES string of the molecule is COC(=O)C(Sc1nnc(-c2sccc2C)o1)c1ccccc1. The number of carbonyl (C=O) groups excluding carboxylic acids is 1. The minimum atomic E-state index is -0.543. The molecule has 1 atom stereocenters. The Kier molecular flexibility index (Phi) is 4.78. The van der Waals surface area contributed by atoms with Gasteiger partial charge in [0.05, 0.1) is 12.0 Å². The van der Waals surface area contributed by atoms with Crippen molar-refractivity contribution in [1.82, 2.24) is 10.2 Å². The average Bonchev–Trinajstić information content (AvgIpc) is 3.21. The molecule has 0 aliphatic carbocycles. The second-order valence-corrected chi connectivity index (χ2v) is 6.71. The first kappa shape index (κ1) is 15.8. The number of benzene rings is 1. The molecule has 0 bridgehead atoms. The number of hydrogen-bond acceptors (Lipinski definition) is 7. The van der Waals surface area contributed by atoms with E-state index in [-0.39, 0.29) is 5.97 Å². The zero-order valence-corrected chi connectivity index (χ0v) is 14.2. The van der Waals surface area contributed by atoms with E-state index in [2.05, 4.69) is 10.2 Å². The van der Waals surface area contributed by atoms with E-state index in [1.807, 2.05) is 48.7 Å². The highest BCUT2D eigenvalue weighted by atomic mass is 32.2. The maximum Gasteiger partial charge on any atom is 0.323 e. The Morgan fingerprint density at radius 3 is 2.70 bits per heavy atom. The topological polar surface area (TPSA) is 65.2 Å². The third-order valence-electron chi connectivity index (χ3n) is 3.20. The first-order chi connectivity index (χ1) is 11.2. The number of esters is 1. The van der Waals surface area contributed by atoms with Crippen LogP contribution in [-0.4, -0.2) is 23.3 Å². The highest BCUT2D eigenvalue weighted by molar-refractivity contribution is 8.00. The Balaban J connectivity index is 1.85. The molecule has 7 heteroatoms. The molecule has 5 nitrogen and oxygen atoms in total. The lowest BCUT2D eigenvalue weighted by Crippen LogP contribution is -2.11. The fourth-order valence-electron chi connectivity index (χ4n) is 2.03. The molecular weight excluding hydrogens is 332 g/mol. The summed E-state index contributed by atoms with van der Waals surface area (Å²) in [5.74, 6) is 0.116. The summed E-state index contributed by atoms with van der Waals surface area (Å²) in [6.45, 7) is 1.99. The molecule has 0 aliphatic heterocycles. The molecule has 0 spiro atoms. The smallest absolute Gasteiger partial charge is 0.323 e. The van der Waals surface area contributed by atoms with Gasteiger partial charge >= 0.3 is 5.97 Å². The average molecular weight is 346 g/mol. The quantitative estimate of drug-likeness (QED) is 0.511. The fourth-order valence-corrected chi connectivity index (χ4v) is 3.78. The van der Waals surface area contributed by atoms with E-state index in [1.165, 1.54) is 18.9 Å². The van der Waals surface area contributed by atoms with Crippen molar-refractivity contribution in [3.8, 4) is 10.8 Å². The molecule has 3 rings (SSSR count). The number of rotatable bonds is 5. The summed E-state index contributed by atoms with van der Waals surface area (Å²) in [6.07, 6.45) is 0. The van der Waals surface area contributed by atoms with Crippen molar-refractivity contribution in [2.24, 2.45) is 0 Å². The van der Waals surface area contributed by atoms with Crippen LogP contribution in [0.3, 0.4) is 0 Å². The molecule has 0 N–H and O–H groups in total. The molecule has 2 aromatic heterocycles. The number of ether oxygens (including phenoxy) is 1. The van der Waals surface area contributed by atoms with Crippen LogP contribution in [0.25, 0.3) is 10.8 Å².